The molecule has 8 amide bonds. The number of nitrogens with one attached hydrogen (secondary N) is 5. The van der Waals surface area contributed by atoms with E-state index in [0.29, 0.717) is 39.7 Å². The number of carbonyl (C=O) groups excluding carboxylic acids is 7. The fraction of sp³-hybridized carbons (Fsp3) is 0.377. The minimum Gasteiger partial charge on any atom is -0.491 e. The van der Waals surface area contributed by atoms with Gasteiger partial charge in [0, 0.05) is 78.1 Å². The fourth-order valence-electron chi connectivity index (χ4n) is 9.70. The topological polar surface area (TPSA) is 386 Å². The summed E-state index contributed by atoms with van der Waals surface area (Å²) >= 11 is 2.75. The number of hydrogen-bond donors (Lipinski definition) is 8. The molecule has 0 fully saturated rings. The zero-order chi connectivity index (χ0) is 66.9. The van der Waals surface area contributed by atoms with Crippen molar-refractivity contribution in [1.29, 1.82) is 0 Å². The number of carboxylic acids is 1. The van der Waals surface area contributed by atoms with Crippen LogP contribution in [0.25, 0.3) is 10.2 Å². The second-order valence-electron chi connectivity index (χ2n) is 21.7. The summed E-state index contributed by atoms with van der Waals surface area (Å²) < 4.78 is 68.3. The highest BCUT2D eigenvalue weighted by Gasteiger charge is 2.31. The average Bonchev–Trinajstić information content (AvgIpc) is 1.77. The van der Waals surface area contributed by atoms with E-state index in [1.807, 2.05) is 36.1 Å². The van der Waals surface area contributed by atoms with Crippen molar-refractivity contribution in [3.63, 3.8) is 0 Å². The number of carboxylic acid groups (broad SMARTS) is 1. The van der Waals surface area contributed by atoms with Crippen molar-refractivity contribution in [2.75, 3.05) is 75.1 Å². The molecule has 0 aliphatic carbocycles. The number of imide groups is 1. The van der Waals surface area contributed by atoms with Crippen LogP contribution < -0.4 is 42.0 Å². The predicted molar refractivity (Wildman–Crippen MR) is 340 cm³/mol. The van der Waals surface area contributed by atoms with Gasteiger partial charge in [0.05, 0.1) is 49.0 Å². The number of carbonyl (C=O) groups is 8. The normalized spacial score (nSPS) is 13.4. The van der Waals surface area contributed by atoms with E-state index in [2.05, 4.69) is 58.6 Å². The Bertz CT molecular complexity index is 3970. The number of aryl methyl sites for hydroxylation is 1. The summed E-state index contributed by atoms with van der Waals surface area (Å²) in [4.78, 5) is 113. The van der Waals surface area contributed by atoms with Crippen LogP contribution in [0.1, 0.15) is 83.6 Å². The number of fused-ring (bicyclic) bond motifs is 2. The minimum atomic E-state index is -4.99. The summed E-state index contributed by atoms with van der Waals surface area (Å²) in [5.74, 6) is 0.492. The lowest BCUT2D eigenvalue weighted by molar-refractivity contribution is -0.138. The van der Waals surface area contributed by atoms with Gasteiger partial charge in [0.1, 0.15) is 17.5 Å². The van der Waals surface area contributed by atoms with Gasteiger partial charge >= 0.3 is 18.1 Å². The molecule has 0 spiro atoms. The third-order valence-corrected chi connectivity index (χ3v) is 17.6. The van der Waals surface area contributed by atoms with Crippen LogP contribution in [-0.2, 0) is 63.0 Å². The van der Waals surface area contributed by atoms with Gasteiger partial charge in [-0.05, 0) is 93.8 Å². The molecule has 2 aliphatic heterocycles. The Balaban J connectivity index is 0.794. The van der Waals surface area contributed by atoms with E-state index in [1.165, 1.54) is 54.0 Å². The second kappa shape index (κ2) is 32.1. The largest absolute Gasteiger partial charge is 0.491 e. The standard InChI is InChI=1S/C61H68FN13O15S3/c1-35(2)51(68-48(76)23-29-88-30-27-74-49(77)21-22-50(74)78)56(80)65-33-38(12-7-24-64-58(63)83)55(79)66-40-19-18-39(47(32-40)93(85,86)87)34-90-61(84)73(4)25-8-11-37-17-20-44(42(62)31-37)89-28-10-16-46-52(57(81)82)69-60(92-46)75-26-9-13-41-36(3)53(71-72-54(41)75)70-59-67-43-14-5-6-15-45(43)91-59/h5-6,14-15,17-22,31-32,35,38,51H,7,9-10,12-13,16,23-30,33-34H2,1-4H3,(H,65,80)(H,66,79)(H,68,76)(H,81,82)(H3,63,64,83)(H,67,70,71)(H,85,86,87)/t38-,51+/m1/s1. The van der Waals surface area contributed by atoms with Crippen LogP contribution in [0.4, 0.5) is 41.6 Å². The third kappa shape index (κ3) is 19.0. The van der Waals surface area contributed by atoms with Crippen molar-refractivity contribution in [2.45, 2.75) is 83.3 Å². The number of aromatic nitrogens is 4. The lowest BCUT2D eigenvalue weighted by atomic mass is 10.00. The summed E-state index contributed by atoms with van der Waals surface area (Å²) in [7, 11) is -3.65. The Hall–Kier alpha value is -9.68. The van der Waals surface area contributed by atoms with Gasteiger partial charge in [-0.2, -0.15) is 8.42 Å². The van der Waals surface area contributed by atoms with E-state index >= 15 is 4.39 Å². The number of rotatable bonds is 30. The molecule has 93 heavy (non-hydrogen) atoms. The SMILES string of the molecule is Cc1c(Nc2nc3ccccc3s2)nnc2c1CCCN2c1nc(C(=O)O)c(CCCOc2ccc(C#CCN(C)C(=O)OCc3ccc(NC(=O)[C@H](CCCNC(N)=O)CNC(=O)[C@@H](NC(=O)CCOCCN4C(=O)C=CC4=O)C(C)C)cc3S(=O)(=O)O)cc2F)s1. The molecule has 0 radical (unpaired) electrons. The van der Waals surface area contributed by atoms with Crippen LogP contribution >= 0.6 is 22.7 Å². The number of halogens is 1. The molecule has 3 aromatic carbocycles. The molecule has 2 atom stereocenters. The van der Waals surface area contributed by atoms with Gasteiger partial charge < -0.3 is 61.4 Å². The molecule has 492 valence electrons. The zero-order valence-corrected chi connectivity index (χ0v) is 53.4. The van der Waals surface area contributed by atoms with Gasteiger partial charge in [0.25, 0.3) is 21.9 Å². The molecule has 0 saturated carbocycles. The molecule has 8 rings (SSSR count). The highest BCUT2D eigenvalue weighted by molar-refractivity contribution is 7.85. The van der Waals surface area contributed by atoms with Gasteiger partial charge in [-0.15, -0.1) is 21.5 Å². The van der Waals surface area contributed by atoms with E-state index in [4.69, 9.17) is 19.9 Å². The van der Waals surface area contributed by atoms with Crippen LogP contribution in [0.15, 0.2) is 77.7 Å². The third-order valence-electron chi connectivity index (χ3n) is 14.6. The maximum absolute atomic E-state index is 15.3. The zero-order valence-electron chi connectivity index (χ0n) is 51.0. The molecule has 0 bridgehead atoms. The molecule has 0 saturated heterocycles. The number of amides is 8. The molecule has 32 heteroatoms. The minimum absolute atomic E-state index is 0.00436. The first-order chi connectivity index (χ1) is 44.4. The summed E-state index contributed by atoms with van der Waals surface area (Å²) in [5, 5.41) is 33.9. The van der Waals surface area contributed by atoms with Crippen LogP contribution in [0, 0.1) is 36.4 Å². The Labute approximate surface area is 541 Å². The number of primary amides is 1. The van der Waals surface area contributed by atoms with Gasteiger partial charge in [-0.25, -0.2) is 28.7 Å². The van der Waals surface area contributed by atoms with Crippen molar-refractivity contribution >= 4 is 118 Å². The molecule has 9 N–H and O–H groups in total. The Morgan fingerprint density at radius 2 is 1.71 bits per heavy atom. The van der Waals surface area contributed by atoms with Crippen molar-refractivity contribution in [1.82, 2.24) is 45.9 Å². The predicted octanol–water partition coefficient (Wildman–Crippen LogP) is 5.99. The van der Waals surface area contributed by atoms with E-state index in [0.717, 1.165) is 68.3 Å². The number of ether oxygens (including phenoxy) is 3. The number of para-hydroxylation sites is 1. The summed E-state index contributed by atoms with van der Waals surface area (Å²) in [6, 6.07) is 13.5. The fourth-order valence-corrected chi connectivity index (χ4v) is 12.4. The maximum Gasteiger partial charge on any atom is 0.410 e. The van der Waals surface area contributed by atoms with Crippen molar-refractivity contribution < 1.29 is 75.0 Å². The second-order valence-corrected chi connectivity index (χ2v) is 25.2. The molecule has 5 heterocycles. The Morgan fingerprint density at radius 3 is 2.43 bits per heavy atom. The number of urea groups is 1. The van der Waals surface area contributed by atoms with Crippen molar-refractivity contribution in [3.8, 4) is 17.6 Å². The summed E-state index contributed by atoms with van der Waals surface area (Å²) in [6.07, 6.45) is 3.60. The molecule has 0 unspecified atom stereocenters. The van der Waals surface area contributed by atoms with E-state index in [1.54, 1.807) is 13.8 Å². The lowest BCUT2D eigenvalue weighted by Gasteiger charge is -2.28. The van der Waals surface area contributed by atoms with Crippen LogP contribution in [0.5, 0.6) is 5.75 Å². The number of thiazole rings is 2. The molecular formula is C61H68FN13O15S3. The smallest absolute Gasteiger partial charge is 0.410 e. The van der Waals surface area contributed by atoms with Gasteiger partial charge in [0.15, 0.2) is 39.2 Å². The van der Waals surface area contributed by atoms with Crippen molar-refractivity contribution in [2.24, 2.45) is 17.6 Å². The molecule has 28 nitrogen and oxygen atoms in total. The number of hydrogen-bond acceptors (Lipinski definition) is 21. The summed E-state index contributed by atoms with van der Waals surface area (Å²) in [5.41, 5.74) is 7.83. The number of benzene rings is 3. The van der Waals surface area contributed by atoms with E-state index in [9.17, 15) is 56.4 Å². The Kier molecular flexibility index (Phi) is 23.9. The molecular weight excluding hydrogens is 1270 g/mol. The van der Waals surface area contributed by atoms with Gasteiger partial charge in [0.2, 0.25) is 17.7 Å². The van der Waals surface area contributed by atoms with Gasteiger partial charge in [-0.1, -0.05) is 55.2 Å². The first-order valence-corrected chi connectivity index (χ1v) is 32.4. The lowest BCUT2D eigenvalue weighted by Crippen LogP contribution is -2.51. The Morgan fingerprint density at radius 1 is 0.935 bits per heavy atom. The maximum atomic E-state index is 15.3. The van der Waals surface area contributed by atoms with Crippen LogP contribution in [0.2, 0.25) is 0 Å². The highest BCUT2D eigenvalue weighted by atomic mass is 32.2. The number of nitrogens with zero attached hydrogens (tertiary/aromatic N) is 7. The van der Waals surface area contributed by atoms with E-state index < -0.39 is 92.9 Å². The molecule has 2 aliphatic rings. The first-order valence-electron chi connectivity index (χ1n) is 29.3. The highest BCUT2D eigenvalue weighted by Crippen LogP contribution is 2.39. The van der Waals surface area contributed by atoms with Crippen LogP contribution in [-0.4, -0.2) is 161 Å². The number of nitrogens with two attached hydrogens (primary N) is 1. The van der Waals surface area contributed by atoms with Crippen LogP contribution in [0.3, 0.4) is 0 Å². The monoisotopic (exact) mass is 1340 g/mol. The quantitative estimate of drug-likeness (QED) is 0.0111. The molecule has 6 aromatic rings. The summed E-state index contributed by atoms with van der Waals surface area (Å²) in [6.45, 7) is 4.77. The molecule has 3 aromatic heterocycles. The van der Waals surface area contributed by atoms with Gasteiger partial charge in [-0.3, -0.25) is 33.4 Å². The average molecular weight is 1340 g/mol. The van der Waals surface area contributed by atoms with Crippen molar-refractivity contribution in [3.05, 3.63) is 111 Å². The van der Waals surface area contributed by atoms with E-state index in [-0.39, 0.29) is 99.9 Å². The number of aromatic carboxylic acids is 1. The number of anilines is 5. The first kappa shape index (κ1) is 69.2.